The SMILES string of the molecule is Cc1ccc(/C=C(\c2ccc(C)cc2)c2ccc(F)cc2)cc1.Cc1ccc(/C=C(\c2ccc(C)cc2)c2ccc(F)cc2)cc1. The Labute approximate surface area is 272 Å². The third-order valence-corrected chi connectivity index (χ3v) is 7.81. The van der Waals surface area contributed by atoms with Gasteiger partial charge in [0.15, 0.2) is 0 Å². The van der Waals surface area contributed by atoms with Crippen LogP contribution >= 0.6 is 0 Å². The van der Waals surface area contributed by atoms with Crippen LogP contribution in [-0.2, 0) is 0 Å². The molecule has 0 amide bonds. The van der Waals surface area contributed by atoms with E-state index >= 15 is 0 Å². The zero-order chi connectivity index (χ0) is 32.5. The van der Waals surface area contributed by atoms with Crippen molar-refractivity contribution >= 4 is 23.3 Å². The molecule has 6 aromatic carbocycles. The molecule has 0 radical (unpaired) electrons. The molecule has 0 spiro atoms. The summed E-state index contributed by atoms with van der Waals surface area (Å²) < 4.78 is 26.5. The van der Waals surface area contributed by atoms with Gasteiger partial charge in [0.1, 0.15) is 11.6 Å². The predicted octanol–water partition coefficient (Wildman–Crippen LogP) is 12.1. The lowest BCUT2D eigenvalue weighted by molar-refractivity contribution is 0.627. The van der Waals surface area contributed by atoms with E-state index in [0.29, 0.717) is 0 Å². The number of hydrogen-bond donors (Lipinski definition) is 0. The van der Waals surface area contributed by atoms with Crippen molar-refractivity contribution < 1.29 is 8.78 Å². The lowest BCUT2D eigenvalue weighted by Crippen LogP contribution is -1.89. The summed E-state index contributed by atoms with van der Waals surface area (Å²) in [5.41, 5.74) is 13.7. The quantitative estimate of drug-likeness (QED) is 0.166. The first-order valence-corrected chi connectivity index (χ1v) is 15.5. The average Bonchev–Trinajstić information content (AvgIpc) is 3.07. The molecular weight excluding hydrogens is 566 g/mol. The Morgan fingerprint density at radius 3 is 0.804 bits per heavy atom. The first-order valence-electron chi connectivity index (χ1n) is 15.5. The first kappa shape index (κ1) is 32.1. The molecule has 0 nitrogen and oxygen atoms in total. The largest absolute Gasteiger partial charge is 0.207 e. The molecule has 0 saturated carbocycles. The van der Waals surface area contributed by atoms with Gasteiger partial charge in [0, 0.05) is 0 Å². The Bertz CT molecular complexity index is 1670. The Balaban J connectivity index is 0.000000181. The molecule has 2 heteroatoms. The highest BCUT2D eigenvalue weighted by molar-refractivity contribution is 5.92. The maximum absolute atomic E-state index is 13.3. The second-order valence-electron chi connectivity index (χ2n) is 11.7. The van der Waals surface area contributed by atoms with Gasteiger partial charge in [0.25, 0.3) is 0 Å². The van der Waals surface area contributed by atoms with E-state index in [0.717, 1.165) is 44.5 Å². The van der Waals surface area contributed by atoms with Gasteiger partial charge in [-0.3, -0.25) is 0 Å². The van der Waals surface area contributed by atoms with Gasteiger partial charge in [-0.05, 0) is 109 Å². The highest BCUT2D eigenvalue weighted by Crippen LogP contribution is 2.28. The van der Waals surface area contributed by atoms with E-state index in [9.17, 15) is 8.78 Å². The van der Waals surface area contributed by atoms with Crippen LogP contribution in [0, 0.1) is 39.3 Å². The molecule has 6 aromatic rings. The molecule has 0 fully saturated rings. The maximum Gasteiger partial charge on any atom is 0.123 e. The minimum atomic E-state index is -0.215. The maximum atomic E-state index is 13.3. The van der Waals surface area contributed by atoms with E-state index in [2.05, 4.69) is 137 Å². The van der Waals surface area contributed by atoms with Gasteiger partial charge in [-0.1, -0.05) is 144 Å². The van der Waals surface area contributed by atoms with Crippen molar-refractivity contribution in [1.82, 2.24) is 0 Å². The zero-order valence-corrected chi connectivity index (χ0v) is 26.8. The molecule has 0 atom stereocenters. The molecular formula is C44H38F2. The number of halogens is 2. The molecule has 0 aliphatic heterocycles. The van der Waals surface area contributed by atoms with Gasteiger partial charge in [-0.25, -0.2) is 8.78 Å². The fraction of sp³-hybridized carbons (Fsp3) is 0.0909. The molecule has 6 rings (SSSR count). The third kappa shape index (κ3) is 8.86. The summed E-state index contributed by atoms with van der Waals surface area (Å²) in [7, 11) is 0. The van der Waals surface area contributed by atoms with E-state index in [1.54, 1.807) is 0 Å². The highest BCUT2D eigenvalue weighted by Gasteiger charge is 2.07. The fourth-order valence-corrected chi connectivity index (χ4v) is 5.05. The van der Waals surface area contributed by atoms with Crippen LogP contribution in [0.5, 0.6) is 0 Å². The van der Waals surface area contributed by atoms with Crippen molar-refractivity contribution in [1.29, 1.82) is 0 Å². The minimum Gasteiger partial charge on any atom is -0.207 e. The summed E-state index contributed by atoms with van der Waals surface area (Å²) in [5, 5.41) is 0. The molecule has 0 unspecified atom stereocenters. The monoisotopic (exact) mass is 604 g/mol. The van der Waals surface area contributed by atoms with Gasteiger partial charge < -0.3 is 0 Å². The minimum absolute atomic E-state index is 0.215. The highest BCUT2D eigenvalue weighted by atomic mass is 19.1. The van der Waals surface area contributed by atoms with Gasteiger partial charge in [-0.15, -0.1) is 0 Å². The van der Waals surface area contributed by atoms with Crippen LogP contribution in [0.1, 0.15) is 55.6 Å². The smallest absolute Gasteiger partial charge is 0.123 e. The van der Waals surface area contributed by atoms with Crippen LogP contribution in [0.2, 0.25) is 0 Å². The van der Waals surface area contributed by atoms with E-state index < -0.39 is 0 Å². The molecule has 0 aliphatic rings. The summed E-state index contributed by atoms with van der Waals surface area (Å²) in [6.45, 7) is 8.30. The second kappa shape index (κ2) is 15.1. The summed E-state index contributed by atoms with van der Waals surface area (Å²) in [5.74, 6) is -0.431. The molecule has 0 aromatic heterocycles. The van der Waals surface area contributed by atoms with E-state index in [4.69, 9.17) is 0 Å². The van der Waals surface area contributed by atoms with Crippen molar-refractivity contribution in [2.45, 2.75) is 27.7 Å². The second-order valence-corrected chi connectivity index (χ2v) is 11.7. The number of benzene rings is 6. The Morgan fingerprint density at radius 1 is 0.326 bits per heavy atom. The topological polar surface area (TPSA) is 0 Å². The number of rotatable bonds is 6. The van der Waals surface area contributed by atoms with Crippen molar-refractivity contribution in [3.8, 4) is 0 Å². The lowest BCUT2D eigenvalue weighted by Gasteiger charge is -2.10. The predicted molar refractivity (Wildman–Crippen MR) is 191 cm³/mol. The van der Waals surface area contributed by atoms with Crippen LogP contribution in [0.25, 0.3) is 23.3 Å². The van der Waals surface area contributed by atoms with Crippen molar-refractivity contribution in [3.63, 3.8) is 0 Å². The number of aryl methyl sites for hydroxylation is 4. The van der Waals surface area contributed by atoms with E-state index in [1.165, 1.54) is 46.5 Å². The zero-order valence-electron chi connectivity index (χ0n) is 26.8. The molecule has 0 aliphatic carbocycles. The van der Waals surface area contributed by atoms with Crippen molar-refractivity contribution in [2.75, 3.05) is 0 Å². The Morgan fingerprint density at radius 2 is 0.543 bits per heavy atom. The number of hydrogen-bond acceptors (Lipinski definition) is 0. The standard InChI is InChI=1S/2C22H19F/c2*1-16-3-7-18(8-4-16)15-22(19-9-5-17(2)6-10-19)20-11-13-21(23)14-12-20/h2*3-15H,1-2H3/b2*22-15+. The van der Waals surface area contributed by atoms with Gasteiger partial charge in [0.05, 0.1) is 0 Å². The van der Waals surface area contributed by atoms with Gasteiger partial charge in [0.2, 0.25) is 0 Å². The third-order valence-electron chi connectivity index (χ3n) is 7.81. The summed E-state index contributed by atoms with van der Waals surface area (Å²) >= 11 is 0. The van der Waals surface area contributed by atoms with Gasteiger partial charge >= 0.3 is 0 Å². The molecule has 0 bridgehead atoms. The van der Waals surface area contributed by atoms with Crippen molar-refractivity contribution in [3.05, 3.63) is 213 Å². The first-order chi connectivity index (χ1) is 22.2. The summed E-state index contributed by atoms with van der Waals surface area (Å²) in [4.78, 5) is 0. The Hall–Kier alpha value is -5.34. The van der Waals surface area contributed by atoms with Crippen LogP contribution in [0.3, 0.4) is 0 Å². The average molecular weight is 605 g/mol. The molecule has 228 valence electrons. The van der Waals surface area contributed by atoms with E-state index in [1.807, 2.05) is 24.3 Å². The molecule has 0 N–H and O–H groups in total. The van der Waals surface area contributed by atoms with Crippen LogP contribution in [0.4, 0.5) is 8.78 Å². The van der Waals surface area contributed by atoms with Crippen LogP contribution < -0.4 is 0 Å². The van der Waals surface area contributed by atoms with Crippen LogP contribution in [0.15, 0.2) is 146 Å². The summed E-state index contributed by atoms with van der Waals surface area (Å²) in [6.07, 6.45) is 4.30. The summed E-state index contributed by atoms with van der Waals surface area (Å²) in [6, 6.07) is 47.0. The van der Waals surface area contributed by atoms with Crippen molar-refractivity contribution in [2.24, 2.45) is 0 Å². The van der Waals surface area contributed by atoms with Crippen LogP contribution in [-0.4, -0.2) is 0 Å². The fourth-order valence-electron chi connectivity index (χ4n) is 5.05. The lowest BCUT2D eigenvalue weighted by atomic mass is 9.95. The molecule has 0 saturated heterocycles. The Kier molecular flexibility index (Phi) is 10.5. The van der Waals surface area contributed by atoms with Gasteiger partial charge in [-0.2, -0.15) is 0 Å². The molecule has 0 heterocycles. The van der Waals surface area contributed by atoms with E-state index in [-0.39, 0.29) is 11.6 Å². The molecule has 46 heavy (non-hydrogen) atoms. The normalized spacial score (nSPS) is 11.5.